The van der Waals surface area contributed by atoms with Gasteiger partial charge in [-0.05, 0) is 51.0 Å². The van der Waals surface area contributed by atoms with Crippen molar-refractivity contribution in [2.24, 2.45) is 5.73 Å². The largest absolute Gasteiger partial charge is 0.365 e. The minimum absolute atomic E-state index is 0.0625. The summed E-state index contributed by atoms with van der Waals surface area (Å²) < 4.78 is 0. The Morgan fingerprint density at radius 3 is 2.57 bits per heavy atom. The van der Waals surface area contributed by atoms with E-state index in [1.807, 2.05) is 18.2 Å². The monoisotopic (exact) mass is 418 g/mol. The first-order valence-electron chi connectivity index (χ1n) is 9.07. The summed E-state index contributed by atoms with van der Waals surface area (Å²) in [5.74, 6) is -0.849. The Morgan fingerprint density at radius 1 is 1.25 bits per heavy atom. The fourth-order valence-electron chi connectivity index (χ4n) is 3.98. The Kier molecular flexibility index (Phi) is 5.40. The number of hydrogen-bond acceptors (Lipinski definition) is 3. The summed E-state index contributed by atoms with van der Waals surface area (Å²) in [4.78, 5) is 25.8. The summed E-state index contributed by atoms with van der Waals surface area (Å²) >= 11 is 7.54. The third-order valence-corrected chi connectivity index (χ3v) is 6.61. The quantitative estimate of drug-likeness (QED) is 0.665. The van der Waals surface area contributed by atoms with Gasteiger partial charge in [-0.15, -0.1) is 11.3 Å². The normalized spacial score (nSPS) is 17.3. The first kappa shape index (κ1) is 20.6. The molecule has 2 heterocycles. The highest BCUT2D eigenvalue weighted by atomic mass is 35.5. The molecule has 7 heteroatoms. The lowest BCUT2D eigenvalue weighted by molar-refractivity contribution is -0.789. The topological polar surface area (TPSA) is 88.8 Å². The lowest BCUT2D eigenvalue weighted by atomic mass is 9.81. The molecule has 5 N–H and O–H groups in total. The molecule has 0 aliphatic carbocycles. The summed E-state index contributed by atoms with van der Waals surface area (Å²) in [7, 11) is 0. The Balaban J connectivity index is 1.93. The van der Waals surface area contributed by atoms with Crippen LogP contribution in [0.2, 0.25) is 5.02 Å². The number of quaternary nitrogens is 1. The van der Waals surface area contributed by atoms with E-state index in [0.717, 1.165) is 16.0 Å². The highest BCUT2D eigenvalue weighted by Crippen LogP contribution is 2.41. The molecule has 1 aromatic carbocycles. The number of benzene rings is 1. The molecule has 2 amide bonds. The zero-order valence-electron chi connectivity index (χ0n) is 16.4. The summed E-state index contributed by atoms with van der Waals surface area (Å²) in [5.41, 5.74) is 7.54. The van der Waals surface area contributed by atoms with Crippen LogP contribution in [0.4, 0.5) is 5.00 Å². The third-order valence-electron chi connectivity index (χ3n) is 4.78. The number of hydrogen-bond donors (Lipinski definition) is 3. The van der Waals surface area contributed by atoms with Crippen molar-refractivity contribution in [1.82, 2.24) is 0 Å². The van der Waals surface area contributed by atoms with E-state index < -0.39 is 5.91 Å². The van der Waals surface area contributed by atoms with Gasteiger partial charge >= 0.3 is 0 Å². The number of nitrogens with one attached hydrogen (secondary N) is 1. The molecule has 0 atom stereocenters. The van der Waals surface area contributed by atoms with Crippen molar-refractivity contribution in [3.05, 3.63) is 56.9 Å². The molecule has 2 aromatic rings. The Hall–Kier alpha value is -2.15. The maximum Gasteiger partial charge on any atom is 0.252 e. The predicted molar refractivity (Wildman–Crippen MR) is 115 cm³/mol. The molecule has 5 nitrogen and oxygen atoms in total. The number of carbonyl (C=O) groups excluding carboxylic acids is 2. The van der Waals surface area contributed by atoms with E-state index in [4.69, 9.17) is 17.3 Å². The average Bonchev–Trinajstić information content (AvgIpc) is 2.91. The minimum atomic E-state index is -0.517. The number of halogens is 1. The molecule has 0 bridgehead atoms. The van der Waals surface area contributed by atoms with Crippen molar-refractivity contribution in [1.29, 1.82) is 0 Å². The molecule has 0 radical (unpaired) electrons. The molecule has 28 heavy (non-hydrogen) atoms. The molecular weight excluding hydrogens is 394 g/mol. The van der Waals surface area contributed by atoms with Gasteiger partial charge in [-0.3, -0.25) is 9.59 Å². The zero-order valence-corrected chi connectivity index (χ0v) is 18.0. The number of rotatable bonds is 4. The van der Waals surface area contributed by atoms with Gasteiger partial charge in [0.05, 0.1) is 16.0 Å². The fraction of sp³-hybridized carbons (Fsp3) is 0.333. The first-order valence-corrected chi connectivity index (χ1v) is 10.3. The van der Waals surface area contributed by atoms with E-state index in [0.29, 0.717) is 22.0 Å². The van der Waals surface area contributed by atoms with Crippen LogP contribution in [0, 0.1) is 0 Å². The zero-order chi connectivity index (χ0) is 20.7. The van der Waals surface area contributed by atoms with E-state index >= 15 is 0 Å². The van der Waals surface area contributed by atoms with Crippen LogP contribution in [0.15, 0.2) is 30.3 Å². The van der Waals surface area contributed by atoms with Gasteiger partial charge < -0.3 is 16.4 Å². The van der Waals surface area contributed by atoms with E-state index in [-0.39, 0.29) is 17.0 Å². The number of amides is 2. The van der Waals surface area contributed by atoms with E-state index in [2.05, 4.69) is 38.3 Å². The van der Waals surface area contributed by atoms with Crippen molar-refractivity contribution in [3.8, 4) is 0 Å². The number of carbonyl (C=O) groups is 2. The lowest BCUT2D eigenvalue weighted by Crippen LogP contribution is -3.03. The summed E-state index contributed by atoms with van der Waals surface area (Å²) in [6, 6.07) is 7.26. The molecule has 0 fully saturated rings. The average molecular weight is 419 g/mol. The van der Waals surface area contributed by atoms with E-state index in [1.54, 1.807) is 12.1 Å². The predicted octanol–water partition coefficient (Wildman–Crippen LogP) is 3.29. The van der Waals surface area contributed by atoms with Crippen molar-refractivity contribution in [2.75, 3.05) is 5.32 Å². The smallest absolute Gasteiger partial charge is 0.252 e. The van der Waals surface area contributed by atoms with Gasteiger partial charge in [0.25, 0.3) is 5.91 Å². The number of anilines is 1. The van der Waals surface area contributed by atoms with Gasteiger partial charge in [0, 0.05) is 17.5 Å². The van der Waals surface area contributed by atoms with Gasteiger partial charge in [0.1, 0.15) is 10.5 Å². The summed E-state index contributed by atoms with van der Waals surface area (Å²) in [6.45, 7) is 8.53. The van der Waals surface area contributed by atoms with Crippen LogP contribution in [0.5, 0.6) is 0 Å². The molecule has 148 valence electrons. The van der Waals surface area contributed by atoms with E-state index in [9.17, 15) is 9.59 Å². The SMILES string of the molecule is CC1(C)Cc2c(sc(NC(=O)/C=C/c3ccccc3Cl)c2C(N)=O)C(C)(C)[NH2+]1. The molecule has 0 unspecified atom stereocenters. The number of fused-ring (bicyclic) bond motifs is 1. The molecule has 0 saturated heterocycles. The second-order valence-corrected chi connectivity index (χ2v) is 9.78. The second kappa shape index (κ2) is 7.35. The van der Waals surface area contributed by atoms with Crippen LogP contribution in [0.25, 0.3) is 6.08 Å². The van der Waals surface area contributed by atoms with Crippen LogP contribution >= 0.6 is 22.9 Å². The maximum atomic E-state index is 12.5. The highest BCUT2D eigenvalue weighted by Gasteiger charge is 2.44. The Labute approximate surface area is 174 Å². The van der Waals surface area contributed by atoms with Crippen LogP contribution in [-0.4, -0.2) is 17.4 Å². The summed E-state index contributed by atoms with van der Waals surface area (Å²) in [6.07, 6.45) is 3.77. The lowest BCUT2D eigenvalue weighted by Gasteiger charge is -2.38. The first-order chi connectivity index (χ1) is 13.0. The van der Waals surface area contributed by atoms with Crippen molar-refractivity contribution >= 4 is 45.8 Å². The minimum Gasteiger partial charge on any atom is -0.365 e. The van der Waals surface area contributed by atoms with Crippen molar-refractivity contribution in [3.63, 3.8) is 0 Å². The molecule has 3 rings (SSSR count). The van der Waals surface area contributed by atoms with Crippen LogP contribution in [0.1, 0.15) is 54.1 Å². The van der Waals surface area contributed by atoms with Gasteiger partial charge in [-0.1, -0.05) is 29.8 Å². The van der Waals surface area contributed by atoms with Gasteiger partial charge in [-0.25, -0.2) is 0 Å². The third kappa shape index (κ3) is 4.14. The molecule has 1 aliphatic heterocycles. The van der Waals surface area contributed by atoms with Crippen LogP contribution in [0.3, 0.4) is 0 Å². The molecule has 1 aliphatic rings. The Bertz CT molecular complexity index is 976. The van der Waals surface area contributed by atoms with Gasteiger partial charge in [0.15, 0.2) is 0 Å². The highest BCUT2D eigenvalue weighted by molar-refractivity contribution is 7.17. The maximum absolute atomic E-state index is 12.5. The van der Waals surface area contributed by atoms with Crippen molar-refractivity contribution in [2.45, 2.75) is 45.2 Å². The van der Waals surface area contributed by atoms with Crippen LogP contribution < -0.4 is 16.4 Å². The Morgan fingerprint density at radius 2 is 1.93 bits per heavy atom. The summed E-state index contributed by atoms with van der Waals surface area (Å²) in [5, 5.41) is 6.21. The van der Waals surface area contributed by atoms with Gasteiger partial charge in [0.2, 0.25) is 5.91 Å². The number of nitrogens with two attached hydrogens (primary N) is 2. The second-order valence-electron chi connectivity index (χ2n) is 8.35. The van der Waals surface area contributed by atoms with Gasteiger partial charge in [-0.2, -0.15) is 0 Å². The number of thiophene rings is 1. The van der Waals surface area contributed by atoms with Crippen LogP contribution in [-0.2, 0) is 16.8 Å². The standard InChI is InChI=1S/C21H24ClN3O2S/c1-20(2)11-13-16(18(23)27)19(28-17(13)21(3,4)25-20)24-15(26)10-9-12-7-5-6-8-14(12)22/h5-10,25H,11H2,1-4H3,(H2,23,27)(H,24,26)/p+1/b10-9+. The van der Waals surface area contributed by atoms with E-state index in [1.165, 1.54) is 17.4 Å². The molecule has 1 aromatic heterocycles. The fourth-order valence-corrected chi connectivity index (χ4v) is 5.48. The molecular formula is C21H25ClN3O2S+. The molecule has 0 spiro atoms. The number of primary amides is 1. The molecule has 0 saturated carbocycles. The van der Waals surface area contributed by atoms with Crippen molar-refractivity contribution < 1.29 is 14.9 Å².